The molecule has 0 bridgehead atoms. The van der Waals surface area contributed by atoms with Crippen LogP contribution >= 0.6 is 0 Å². The number of nitrogen functional groups attached to an aromatic ring is 1. The maximum Gasteiger partial charge on any atom is 0.187 e. The number of halogens is 2. The second-order valence-electron chi connectivity index (χ2n) is 4.58. The fourth-order valence-electron chi connectivity index (χ4n) is 1.98. The SMILES string of the molecule is Cc1cc(-n2nnnc2-c2ccc(F)c(N)c2)ccc1F. The fraction of sp³-hybridized carbons (Fsp3) is 0.0714. The van der Waals surface area contributed by atoms with Gasteiger partial charge in [-0.05, 0) is 59.3 Å². The van der Waals surface area contributed by atoms with E-state index < -0.39 is 5.82 Å². The molecule has 7 heteroatoms. The van der Waals surface area contributed by atoms with Crippen LogP contribution < -0.4 is 5.73 Å². The molecule has 1 aromatic heterocycles. The molecule has 5 nitrogen and oxygen atoms in total. The first-order chi connectivity index (χ1) is 10.1. The molecule has 0 aliphatic carbocycles. The average molecular weight is 287 g/mol. The molecule has 0 aliphatic rings. The summed E-state index contributed by atoms with van der Waals surface area (Å²) in [5.74, 6) is -0.414. The Hall–Kier alpha value is -2.83. The molecule has 3 aromatic rings. The van der Waals surface area contributed by atoms with E-state index in [-0.39, 0.29) is 11.5 Å². The summed E-state index contributed by atoms with van der Waals surface area (Å²) in [6.07, 6.45) is 0. The lowest BCUT2D eigenvalue weighted by Gasteiger charge is -2.07. The number of aromatic nitrogens is 4. The summed E-state index contributed by atoms with van der Waals surface area (Å²) in [6, 6.07) is 8.77. The number of nitrogens with zero attached hydrogens (tertiary/aromatic N) is 4. The van der Waals surface area contributed by atoms with Crippen LogP contribution in [0.3, 0.4) is 0 Å². The molecule has 2 aromatic carbocycles. The van der Waals surface area contributed by atoms with Crippen molar-refractivity contribution in [3.8, 4) is 17.1 Å². The third kappa shape index (κ3) is 2.33. The molecular weight excluding hydrogens is 276 g/mol. The van der Waals surface area contributed by atoms with Crippen molar-refractivity contribution in [1.82, 2.24) is 20.2 Å². The number of tetrazole rings is 1. The lowest BCUT2D eigenvalue weighted by atomic mass is 10.1. The van der Waals surface area contributed by atoms with Crippen LogP contribution in [-0.4, -0.2) is 20.2 Å². The molecular formula is C14H11F2N5. The second-order valence-corrected chi connectivity index (χ2v) is 4.58. The molecule has 0 fully saturated rings. The highest BCUT2D eigenvalue weighted by Crippen LogP contribution is 2.23. The number of anilines is 1. The van der Waals surface area contributed by atoms with E-state index in [9.17, 15) is 8.78 Å². The second kappa shape index (κ2) is 4.93. The molecule has 0 saturated carbocycles. The van der Waals surface area contributed by atoms with Crippen molar-refractivity contribution in [3.63, 3.8) is 0 Å². The molecule has 1 heterocycles. The van der Waals surface area contributed by atoms with E-state index in [4.69, 9.17) is 5.73 Å². The zero-order valence-corrected chi connectivity index (χ0v) is 11.1. The highest BCUT2D eigenvalue weighted by molar-refractivity contribution is 5.63. The number of nitrogens with two attached hydrogens (primary N) is 1. The maximum absolute atomic E-state index is 13.3. The number of aryl methyl sites for hydroxylation is 1. The van der Waals surface area contributed by atoms with Crippen molar-refractivity contribution >= 4 is 5.69 Å². The molecule has 0 atom stereocenters. The summed E-state index contributed by atoms with van der Waals surface area (Å²) in [6.45, 7) is 1.65. The third-order valence-corrected chi connectivity index (χ3v) is 3.11. The number of benzene rings is 2. The summed E-state index contributed by atoms with van der Waals surface area (Å²) < 4.78 is 28.0. The predicted octanol–water partition coefficient (Wildman–Crippen LogP) is 2.50. The van der Waals surface area contributed by atoms with Crippen LogP contribution in [0.4, 0.5) is 14.5 Å². The van der Waals surface area contributed by atoms with Gasteiger partial charge in [-0.3, -0.25) is 0 Å². The molecule has 0 unspecified atom stereocenters. The first kappa shape index (κ1) is 13.2. The molecule has 0 amide bonds. The van der Waals surface area contributed by atoms with Crippen LogP contribution in [0.2, 0.25) is 0 Å². The molecule has 21 heavy (non-hydrogen) atoms. The van der Waals surface area contributed by atoms with Gasteiger partial charge in [0.05, 0.1) is 11.4 Å². The Labute approximate surface area is 119 Å². The first-order valence-corrected chi connectivity index (χ1v) is 6.16. The van der Waals surface area contributed by atoms with Crippen LogP contribution in [0.5, 0.6) is 0 Å². The van der Waals surface area contributed by atoms with Gasteiger partial charge in [-0.1, -0.05) is 0 Å². The lowest BCUT2D eigenvalue weighted by Crippen LogP contribution is -2.01. The Morgan fingerprint density at radius 2 is 1.81 bits per heavy atom. The van der Waals surface area contributed by atoms with Gasteiger partial charge in [0.2, 0.25) is 0 Å². The molecule has 0 aliphatic heterocycles. The Bertz CT molecular complexity index is 747. The summed E-state index contributed by atoms with van der Waals surface area (Å²) in [5, 5.41) is 11.4. The predicted molar refractivity (Wildman–Crippen MR) is 73.7 cm³/mol. The van der Waals surface area contributed by atoms with E-state index in [0.717, 1.165) is 0 Å². The molecule has 0 spiro atoms. The van der Waals surface area contributed by atoms with Gasteiger partial charge in [0.15, 0.2) is 5.82 Å². The Balaban J connectivity index is 2.12. The van der Waals surface area contributed by atoms with E-state index in [0.29, 0.717) is 22.6 Å². The van der Waals surface area contributed by atoms with E-state index in [1.165, 1.54) is 28.9 Å². The molecule has 2 N–H and O–H groups in total. The van der Waals surface area contributed by atoms with Gasteiger partial charge in [0.25, 0.3) is 0 Å². The normalized spacial score (nSPS) is 10.8. The van der Waals surface area contributed by atoms with E-state index >= 15 is 0 Å². The van der Waals surface area contributed by atoms with Gasteiger partial charge in [0, 0.05) is 5.56 Å². The van der Waals surface area contributed by atoms with Gasteiger partial charge in [-0.15, -0.1) is 5.10 Å². The summed E-state index contributed by atoms with van der Waals surface area (Å²) >= 11 is 0. The van der Waals surface area contributed by atoms with Crippen LogP contribution in [0.25, 0.3) is 17.1 Å². The molecule has 3 rings (SSSR count). The molecule has 0 saturated heterocycles. The van der Waals surface area contributed by atoms with Gasteiger partial charge < -0.3 is 5.73 Å². The first-order valence-electron chi connectivity index (χ1n) is 6.16. The lowest BCUT2D eigenvalue weighted by molar-refractivity contribution is 0.617. The molecule has 0 radical (unpaired) electrons. The quantitative estimate of drug-likeness (QED) is 0.735. The van der Waals surface area contributed by atoms with Crippen molar-refractivity contribution in [1.29, 1.82) is 0 Å². The summed E-state index contributed by atoms with van der Waals surface area (Å²) in [7, 11) is 0. The number of hydrogen-bond donors (Lipinski definition) is 1. The van der Waals surface area contributed by atoms with Crippen LogP contribution in [-0.2, 0) is 0 Å². The minimum atomic E-state index is -0.504. The minimum Gasteiger partial charge on any atom is -0.396 e. The van der Waals surface area contributed by atoms with Crippen LogP contribution in [0, 0.1) is 18.6 Å². The van der Waals surface area contributed by atoms with Crippen LogP contribution in [0.1, 0.15) is 5.56 Å². The van der Waals surface area contributed by atoms with E-state index in [1.807, 2.05) is 0 Å². The highest BCUT2D eigenvalue weighted by Gasteiger charge is 2.13. The largest absolute Gasteiger partial charge is 0.396 e. The summed E-state index contributed by atoms with van der Waals surface area (Å²) in [5.41, 5.74) is 7.23. The number of hydrogen-bond acceptors (Lipinski definition) is 4. The zero-order valence-electron chi connectivity index (χ0n) is 11.1. The highest BCUT2D eigenvalue weighted by atomic mass is 19.1. The van der Waals surface area contributed by atoms with Crippen molar-refractivity contribution in [2.24, 2.45) is 0 Å². The van der Waals surface area contributed by atoms with Crippen LogP contribution in [0.15, 0.2) is 36.4 Å². The Morgan fingerprint density at radius 1 is 1.05 bits per heavy atom. The Kier molecular flexibility index (Phi) is 3.09. The van der Waals surface area contributed by atoms with Crippen molar-refractivity contribution in [3.05, 3.63) is 53.6 Å². The summed E-state index contributed by atoms with van der Waals surface area (Å²) in [4.78, 5) is 0. The van der Waals surface area contributed by atoms with E-state index in [1.54, 1.807) is 19.1 Å². The zero-order chi connectivity index (χ0) is 15.0. The Morgan fingerprint density at radius 3 is 2.52 bits per heavy atom. The van der Waals surface area contributed by atoms with Gasteiger partial charge in [0.1, 0.15) is 11.6 Å². The smallest absolute Gasteiger partial charge is 0.187 e. The third-order valence-electron chi connectivity index (χ3n) is 3.11. The topological polar surface area (TPSA) is 69.6 Å². The van der Waals surface area contributed by atoms with E-state index in [2.05, 4.69) is 15.5 Å². The van der Waals surface area contributed by atoms with Gasteiger partial charge in [-0.2, -0.15) is 4.68 Å². The standard InChI is InChI=1S/C14H11F2N5/c1-8-6-10(3-5-11(8)15)21-14(18-19-20-21)9-2-4-12(16)13(17)7-9/h2-7H,17H2,1H3. The minimum absolute atomic E-state index is 0.0114. The average Bonchev–Trinajstić information content (AvgIpc) is 2.94. The monoisotopic (exact) mass is 287 g/mol. The van der Waals surface area contributed by atoms with Gasteiger partial charge >= 0.3 is 0 Å². The maximum atomic E-state index is 13.3. The van der Waals surface area contributed by atoms with Gasteiger partial charge in [-0.25, -0.2) is 8.78 Å². The fourth-order valence-corrected chi connectivity index (χ4v) is 1.98. The van der Waals surface area contributed by atoms with Crippen molar-refractivity contribution < 1.29 is 8.78 Å². The number of rotatable bonds is 2. The van der Waals surface area contributed by atoms with Crippen molar-refractivity contribution in [2.75, 3.05) is 5.73 Å². The van der Waals surface area contributed by atoms with Crippen molar-refractivity contribution in [2.45, 2.75) is 6.92 Å². The molecule has 106 valence electrons.